The Hall–Kier alpha value is -0.120. The molecule has 0 aromatic rings. The van der Waals surface area contributed by atoms with Gasteiger partial charge in [-0.15, -0.1) is 0 Å². The fourth-order valence-corrected chi connectivity index (χ4v) is 2.14. The molecule has 0 aromatic heterocycles. The van der Waals surface area contributed by atoms with Crippen LogP contribution in [0.4, 0.5) is 0 Å². The Balaban J connectivity index is 1.45. The fourth-order valence-electron chi connectivity index (χ4n) is 2.14. The van der Waals surface area contributed by atoms with Gasteiger partial charge in [-0.25, -0.2) is 0 Å². The third-order valence-corrected chi connectivity index (χ3v) is 3.34. The summed E-state index contributed by atoms with van der Waals surface area (Å²) in [4.78, 5) is 0. The molecule has 2 N–H and O–H groups in total. The number of rotatable bonds is 7. The summed E-state index contributed by atoms with van der Waals surface area (Å²) in [5.74, 6) is 0.882. The van der Waals surface area contributed by atoms with Crippen LogP contribution in [0.5, 0.6) is 0 Å². The Bertz CT molecular complexity index is 176. The first kappa shape index (κ1) is 11.4. The van der Waals surface area contributed by atoms with Crippen molar-refractivity contribution in [2.45, 2.75) is 50.7 Å². The summed E-state index contributed by atoms with van der Waals surface area (Å²) in [6.07, 6.45) is 7.77. The SMILES string of the molecule is OC(CNCC1CC1)COC1CCCC1. The van der Waals surface area contributed by atoms with Crippen molar-refractivity contribution in [1.82, 2.24) is 5.32 Å². The van der Waals surface area contributed by atoms with E-state index in [9.17, 15) is 5.11 Å². The summed E-state index contributed by atoms with van der Waals surface area (Å²) in [6, 6.07) is 0. The van der Waals surface area contributed by atoms with Crippen molar-refractivity contribution < 1.29 is 9.84 Å². The second-order valence-electron chi connectivity index (χ2n) is 5.00. The molecule has 0 amide bonds. The van der Waals surface area contributed by atoms with Gasteiger partial charge in [-0.05, 0) is 38.1 Å². The normalized spacial score (nSPS) is 24.6. The molecular weight excluding hydrogens is 190 g/mol. The van der Waals surface area contributed by atoms with Gasteiger partial charge in [0.25, 0.3) is 0 Å². The van der Waals surface area contributed by atoms with Gasteiger partial charge in [-0.3, -0.25) is 0 Å². The number of nitrogens with one attached hydrogen (secondary N) is 1. The summed E-state index contributed by atoms with van der Waals surface area (Å²) < 4.78 is 5.65. The van der Waals surface area contributed by atoms with Crippen LogP contribution in [0.15, 0.2) is 0 Å². The molecule has 0 saturated heterocycles. The van der Waals surface area contributed by atoms with Crippen molar-refractivity contribution >= 4 is 0 Å². The Morgan fingerprint density at radius 2 is 1.93 bits per heavy atom. The van der Waals surface area contributed by atoms with E-state index < -0.39 is 0 Å². The van der Waals surface area contributed by atoms with Gasteiger partial charge >= 0.3 is 0 Å². The van der Waals surface area contributed by atoms with Crippen LogP contribution in [0.2, 0.25) is 0 Å². The number of aliphatic hydroxyl groups excluding tert-OH is 1. The minimum atomic E-state index is -0.329. The lowest BCUT2D eigenvalue weighted by molar-refractivity contribution is -0.00541. The molecule has 3 nitrogen and oxygen atoms in total. The van der Waals surface area contributed by atoms with E-state index in [4.69, 9.17) is 4.74 Å². The van der Waals surface area contributed by atoms with Gasteiger partial charge in [-0.1, -0.05) is 12.8 Å². The molecule has 1 atom stereocenters. The van der Waals surface area contributed by atoms with Gasteiger partial charge in [-0.2, -0.15) is 0 Å². The van der Waals surface area contributed by atoms with Crippen LogP contribution in [-0.2, 0) is 4.74 Å². The van der Waals surface area contributed by atoms with E-state index in [1.54, 1.807) is 0 Å². The predicted molar refractivity (Wildman–Crippen MR) is 59.8 cm³/mol. The maximum atomic E-state index is 9.66. The van der Waals surface area contributed by atoms with Crippen LogP contribution < -0.4 is 5.32 Å². The molecule has 2 fully saturated rings. The Kier molecular flexibility index (Phi) is 4.42. The molecule has 2 rings (SSSR count). The largest absolute Gasteiger partial charge is 0.389 e. The Morgan fingerprint density at radius 1 is 1.20 bits per heavy atom. The monoisotopic (exact) mass is 213 g/mol. The highest BCUT2D eigenvalue weighted by Gasteiger charge is 2.21. The minimum Gasteiger partial charge on any atom is -0.389 e. The molecule has 0 spiro atoms. The lowest BCUT2D eigenvalue weighted by Gasteiger charge is -2.15. The molecule has 0 heterocycles. The highest BCUT2D eigenvalue weighted by Crippen LogP contribution is 2.27. The van der Waals surface area contributed by atoms with Crippen molar-refractivity contribution in [3.8, 4) is 0 Å². The standard InChI is InChI=1S/C12H23NO2/c14-11(8-13-7-10-5-6-10)9-15-12-3-1-2-4-12/h10-14H,1-9H2. The highest BCUT2D eigenvalue weighted by molar-refractivity contribution is 4.76. The lowest BCUT2D eigenvalue weighted by Crippen LogP contribution is -2.32. The minimum absolute atomic E-state index is 0.329. The average Bonchev–Trinajstić information content (AvgIpc) is 2.91. The molecule has 2 aliphatic rings. The molecule has 1 unspecified atom stereocenters. The van der Waals surface area contributed by atoms with Crippen LogP contribution >= 0.6 is 0 Å². The third-order valence-electron chi connectivity index (χ3n) is 3.34. The van der Waals surface area contributed by atoms with Crippen molar-refractivity contribution in [2.75, 3.05) is 19.7 Å². The summed E-state index contributed by atoms with van der Waals surface area (Å²) in [6.45, 7) is 2.26. The van der Waals surface area contributed by atoms with Crippen LogP contribution in [0.1, 0.15) is 38.5 Å². The van der Waals surface area contributed by atoms with Gasteiger partial charge in [0.2, 0.25) is 0 Å². The average molecular weight is 213 g/mol. The van der Waals surface area contributed by atoms with Crippen molar-refractivity contribution in [1.29, 1.82) is 0 Å². The zero-order valence-electron chi connectivity index (χ0n) is 9.45. The topological polar surface area (TPSA) is 41.5 Å². The van der Waals surface area contributed by atoms with Crippen molar-refractivity contribution in [3.63, 3.8) is 0 Å². The molecule has 15 heavy (non-hydrogen) atoms. The second-order valence-corrected chi connectivity index (χ2v) is 5.00. The molecule has 0 aliphatic heterocycles. The van der Waals surface area contributed by atoms with E-state index in [2.05, 4.69) is 5.32 Å². The summed E-state index contributed by atoms with van der Waals surface area (Å²) in [5, 5.41) is 12.9. The molecule has 0 radical (unpaired) electrons. The van der Waals surface area contributed by atoms with Gasteiger partial charge in [0.15, 0.2) is 0 Å². The fraction of sp³-hybridized carbons (Fsp3) is 1.00. The van der Waals surface area contributed by atoms with Gasteiger partial charge < -0.3 is 15.2 Å². The van der Waals surface area contributed by atoms with E-state index >= 15 is 0 Å². The van der Waals surface area contributed by atoms with Gasteiger partial charge in [0, 0.05) is 6.54 Å². The Labute approximate surface area is 92.2 Å². The van der Waals surface area contributed by atoms with E-state index in [0.29, 0.717) is 19.3 Å². The number of ether oxygens (including phenoxy) is 1. The first-order valence-electron chi connectivity index (χ1n) is 6.35. The van der Waals surface area contributed by atoms with E-state index in [0.717, 1.165) is 12.5 Å². The number of hydrogen-bond acceptors (Lipinski definition) is 3. The zero-order chi connectivity index (χ0) is 10.5. The molecule has 88 valence electrons. The quantitative estimate of drug-likeness (QED) is 0.670. The van der Waals surface area contributed by atoms with Crippen LogP contribution in [0.3, 0.4) is 0 Å². The summed E-state index contributed by atoms with van der Waals surface area (Å²) in [7, 11) is 0. The van der Waals surface area contributed by atoms with Crippen LogP contribution in [0, 0.1) is 5.92 Å². The number of hydrogen-bond donors (Lipinski definition) is 2. The molecule has 2 saturated carbocycles. The summed E-state index contributed by atoms with van der Waals surface area (Å²) >= 11 is 0. The Morgan fingerprint density at radius 3 is 2.60 bits per heavy atom. The number of aliphatic hydroxyl groups is 1. The van der Waals surface area contributed by atoms with Crippen LogP contribution in [0.25, 0.3) is 0 Å². The first-order valence-corrected chi connectivity index (χ1v) is 6.35. The van der Waals surface area contributed by atoms with E-state index in [1.165, 1.54) is 38.5 Å². The lowest BCUT2D eigenvalue weighted by atomic mass is 10.3. The summed E-state index contributed by atoms with van der Waals surface area (Å²) in [5.41, 5.74) is 0. The van der Waals surface area contributed by atoms with E-state index in [-0.39, 0.29) is 6.10 Å². The maximum Gasteiger partial charge on any atom is 0.0897 e. The second kappa shape index (κ2) is 5.83. The van der Waals surface area contributed by atoms with Crippen LogP contribution in [-0.4, -0.2) is 37.0 Å². The molecule has 0 bridgehead atoms. The van der Waals surface area contributed by atoms with E-state index in [1.807, 2.05) is 0 Å². The smallest absolute Gasteiger partial charge is 0.0897 e. The maximum absolute atomic E-state index is 9.66. The highest BCUT2D eigenvalue weighted by atomic mass is 16.5. The van der Waals surface area contributed by atoms with Gasteiger partial charge in [0.05, 0.1) is 18.8 Å². The molecule has 3 heteroatoms. The van der Waals surface area contributed by atoms with Gasteiger partial charge in [0.1, 0.15) is 0 Å². The molecule has 0 aromatic carbocycles. The first-order chi connectivity index (χ1) is 7.34. The zero-order valence-corrected chi connectivity index (χ0v) is 9.45. The molecule has 2 aliphatic carbocycles. The predicted octanol–water partition coefficient (Wildman–Crippen LogP) is 1.31. The van der Waals surface area contributed by atoms with Crippen molar-refractivity contribution in [2.24, 2.45) is 5.92 Å². The van der Waals surface area contributed by atoms with Crippen molar-refractivity contribution in [3.05, 3.63) is 0 Å². The molecular formula is C12H23NO2. The third kappa shape index (κ3) is 4.49.